The van der Waals surface area contributed by atoms with Crippen LogP contribution in [0.25, 0.3) is 0 Å². The zero-order chi connectivity index (χ0) is 13.8. The van der Waals surface area contributed by atoms with Crippen LogP contribution in [0.15, 0.2) is 48.5 Å². The van der Waals surface area contributed by atoms with Crippen molar-refractivity contribution in [2.75, 3.05) is 0 Å². The Kier molecular flexibility index (Phi) is 4.31. The Morgan fingerprint density at radius 3 is 1.32 bits per heavy atom. The van der Waals surface area contributed by atoms with Crippen LogP contribution in [0.1, 0.15) is 0 Å². The van der Waals surface area contributed by atoms with Crippen LogP contribution >= 0.6 is 0 Å². The fraction of sp³-hybridized carbons (Fsp3) is 0. The van der Waals surface area contributed by atoms with Gasteiger partial charge in [-0.3, -0.25) is 0 Å². The average molecular weight is 262 g/mol. The normalized spacial score (nSPS) is 10.3. The minimum Gasteiger partial charge on any atom is -0.443 e. The van der Waals surface area contributed by atoms with E-state index in [1.165, 1.54) is 48.5 Å². The Morgan fingerprint density at radius 2 is 1.00 bits per heavy atom. The molecule has 0 aliphatic heterocycles. The van der Waals surface area contributed by atoms with Crippen molar-refractivity contribution in [1.82, 2.24) is 0 Å². The molecule has 3 nitrogen and oxygen atoms in total. The molecule has 0 unspecified atom stereocenters. The van der Waals surface area contributed by atoms with Gasteiger partial charge in [-0.25, -0.2) is 8.78 Å². The quantitative estimate of drug-likeness (QED) is 0.766. The first-order valence-corrected chi connectivity index (χ1v) is 5.59. The Labute approximate surface area is 109 Å². The van der Waals surface area contributed by atoms with E-state index in [9.17, 15) is 18.8 Å². The molecule has 0 amide bonds. The molecule has 7 heteroatoms. The first-order chi connectivity index (χ1) is 9.06. The summed E-state index contributed by atoms with van der Waals surface area (Å²) in [5, 5.41) is 19.4. The van der Waals surface area contributed by atoms with Crippen molar-refractivity contribution in [3.8, 4) is 0 Å². The van der Waals surface area contributed by atoms with Crippen molar-refractivity contribution in [2.24, 2.45) is 0 Å². The van der Waals surface area contributed by atoms with E-state index < -0.39 is 25.9 Å². The van der Waals surface area contributed by atoms with Gasteiger partial charge in [0.05, 0.1) is 0 Å². The number of benzene rings is 2. The molecule has 0 radical (unpaired) electrons. The molecular weight excluding hydrogens is 252 g/mol. The van der Waals surface area contributed by atoms with Gasteiger partial charge in [0, 0.05) is 0 Å². The van der Waals surface area contributed by atoms with Crippen molar-refractivity contribution in [2.45, 2.75) is 0 Å². The highest BCUT2D eigenvalue weighted by Crippen LogP contribution is 1.97. The van der Waals surface area contributed by atoms with Crippen molar-refractivity contribution in [3.05, 3.63) is 60.2 Å². The maximum absolute atomic E-state index is 12.7. The Hall–Kier alpha value is -1.69. The summed E-state index contributed by atoms with van der Waals surface area (Å²) in [6, 6.07) is 10.1. The highest BCUT2D eigenvalue weighted by atomic mass is 19.1. The van der Waals surface area contributed by atoms with Crippen molar-refractivity contribution in [3.63, 3.8) is 0 Å². The van der Waals surface area contributed by atoms with Gasteiger partial charge in [0.1, 0.15) is 11.6 Å². The number of rotatable bonds is 4. The summed E-state index contributed by atoms with van der Waals surface area (Å²) in [4.78, 5) is 0. The SMILES string of the molecule is OB(OB(O)c1ccc(F)cc1)c1ccc(F)cc1. The van der Waals surface area contributed by atoms with Crippen LogP contribution in [-0.2, 0) is 4.57 Å². The molecule has 0 aromatic heterocycles. The van der Waals surface area contributed by atoms with Gasteiger partial charge in [-0.1, -0.05) is 24.3 Å². The van der Waals surface area contributed by atoms with E-state index in [2.05, 4.69) is 0 Å². The average Bonchev–Trinajstić information content (AvgIpc) is 2.40. The molecule has 0 spiro atoms. The monoisotopic (exact) mass is 262 g/mol. The molecular formula is C12H10B2F2O3. The lowest BCUT2D eigenvalue weighted by Crippen LogP contribution is -2.45. The largest absolute Gasteiger partial charge is 0.477 e. The molecule has 0 saturated heterocycles. The van der Waals surface area contributed by atoms with Gasteiger partial charge >= 0.3 is 14.2 Å². The summed E-state index contributed by atoms with van der Waals surface area (Å²) in [5.74, 6) is -0.870. The maximum Gasteiger partial charge on any atom is 0.477 e. The second-order valence-electron chi connectivity index (χ2n) is 3.94. The summed E-state index contributed by atoms with van der Waals surface area (Å²) >= 11 is 0. The lowest BCUT2D eigenvalue weighted by Gasteiger charge is -2.12. The first kappa shape index (κ1) is 13.7. The summed E-state index contributed by atoms with van der Waals surface area (Å²) in [6.07, 6.45) is 0. The van der Waals surface area contributed by atoms with Gasteiger partial charge in [0.2, 0.25) is 0 Å². The van der Waals surface area contributed by atoms with Crippen LogP contribution in [-0.4, -0.2) is 24.3 Å². The van der Waals surface area contributed by atoms with Crippen molar-refractivity contribution >= 4 is 25.2 Å². The van der Waals surface area contributed by atoms with E-state index in [-0.39, 0.29) is 0 Å². The molecule has 0 saturated carbocycles. The smallest absolute Gasteiger partial charge is 0.443 e. The zero-order valence-corrected chi connectivity index (χ0v) is 9.83. The zero-order valence-electron chi connectivity index (χ0n) is 9.83. The minimum absolute atomic E-state index is 0.308. The predicted octanol–water partition coefficient (Wildman–Crippen LogP) is 0.0566. The molecule has 0 aliphatic carbocycles. The molecule has 0 atom stereocenters. The van der Waals surface area contributed by atoms with Gasteiger partial charge in [-0.05, 0) is 35.2 Å². The minimum atomic E-state index is -1.40. The standard InChI is InChI=1S/C12H10B2F2O3/c15-11-5-1-9(2-6-11)13(17)19-14(18)10-3-7-12(16)8-4-10/h1-8,17-18H. The summed E-state index contributed by atoms with van der Waals surface area (Å²) < 4.78 is 30.4. The topological polar surface area (TPSA) is 49.7 Å². The third-order valence-electron chi connectivity index (χ3n) is 2.57. The molecule has 2 aromatic carbocycles. The summed E-state index contributed by atoms with van der Waals surface area (Å²) in [5.41, 5.74) is 0.616. The van der Waals surface area contributed by atoms with Crippen LogP contribution in [0.4, 0.5) is 8.78 Å². The van der Waals surface area contributed by atoms with E-state index in [0.717, 1.165) is 0 Å². The van der Waals surface area contributed by atoms with Gasteiger partial charge in [-0.2, -0.15) is 0 Å². The Bertz CT molecular complexity index is 484. The van der Waals surface area contributed by atoms with E-state index in [1.807, 2.05) is 0 Å². The molecule has 0 bridgehead atoms. The second-order valence-corrected chi connectivity index (χ2v) is 3.94. The highest BCUT2D eigenvalue weighted by molar-refractivity contribution is 6.73. The molecule has 19 heavy (non-hydrogen) atoms. The maximum atomic E-state index is 12.7. The molecule has 2 N–H and O–H groups in total. The summed E-state index contributed by atoms with van der Waals surface area (Å²) in [7, 11) is -2.80. The number of halogens is 2. The van der Waals surface area contributed by atoms with Crippen LogP contribution < -0.4 is 10.9 Å². The number of hydrogen-bond donors (Lipinski definition) is 2. The van der Waals surface area contributed by atoms with Gasteiger partial charge in [0.25, 0.3) is 0 Å². The molecule has 0 aliphatic rings. The van der Waals surface area contributed by atoms with Crippen LogP contribution in [0.3, 0.4) is 0 Å². The third kappa shape index (κ3) is 3.64. The lowest BCUT2D eigenvalue weighted by atomic mass is 9.71. The summed E-state index contributed by atoms with van der Waals surface area (Å²) in [6.45, 7) is 0. The Balaban J connectivity index is 2.03. The third-order valence-corrected chi connectivity index (χ3v) is 2.57. The lowest BCUT2D eigenvalue weighted by molar-refractivity contribution is 0.378. The van der Waals surface area contributed by atoms with E-state index in [0.29, 0.717) is 10.9 Å². The molecule has 0 heterocycles. The fourth-order valence-electron chi connectivity index (χ4n) is 1.53. The van der Waals surface area contributed by atoms with Crippen LogP contribution in [0.2, 0.25) is 0 Å². The molecule has 2 rings (SSSR count). The first-order valence-electron chi connectivity index (χ1n) is 5.59. The highest BCUT2D eigenvalue weighted by Gasteiger charge is 2.25. The predicted molar refractivity (Wildman–Crippen MR) is 69.1 cm³/mol. The van der Waals surface area contributed by atoms with E-state index in [4.69, 9.17) is 4.57 Å². The number of hydrogen-bond acceptors (Lipinski definition) is 3. The second kappa shape index (κ2) is 5.97. The van der Waals surface area contributed by atoms with Crippen molar-refractivity contribution in [1.29, 1.82) is 0 Å². The van der Waals surface area contributed by atoms with Crippen LogP contribution in [0, 0.1) is 11.6 Å². The van der Waals surface area contributed by atoms with Gasteiger partial charge in [0.15, 0.2) is 0 Å². The van der Waals surface area contributed by atoms with Gasteiger partial charge in [-0.15, -0.1) is 0 Å². The molecule has 96 valence electrons. The molecule has 2 aromatic rings. The van der Waals surface area contributed by atoms with E-state index in [1.54, 1.807) is 0 Å². The van der Waals surface area contributed by atoms with Crippen LogP contribution in [0.5, 0.6) is 0 Å². The van der Waals surface area contributed by atoms with E-state index >= 15 is 0 Å². The fourth-order valence-corrected chi connectivity index (χ4v) is 1.53. The van der Waals surface area contributed by atoms with Gasteiger partial charge < -0.3 is 14.6 Å². The molecule has 0 fully saturated rings. The Morgan fingerprint density at radius 1 is 0.684 bits per heavy atom. The van der Waals surface area contributed by atoms with Crippen molar-refractivity contribution < 1.29 is 23.4 Å².